The SMILES string of the molecule is CC(C)c1ccc2c(c1)COC21CCN(CCCNC(=O)C(c2ccccc2)c2ccccc2)CC1. The Kier molecular flexibility index (Phi) is 7.54. The second kappa shape index (κ2) is 11.0. The van der Waals surface area contributed by atoms with Crippen LogP contribution in [-0.4, -0.2) is 37.0 Å². The maximum absolute atomic E-state index is 13.2. The van der Waals surface area contributed by atoms with Gasteiger partial charge >= 0.3 is 0 Å². The van der Waals surface area contributed by atoms with Crippen LogP contribution in [0.25, 0.3) is 0 Å². The van der Waals surface area contributed by atoms with Crippen LogP contribution in [0.1, 0.15) is 72.8 Å². The molecule has 0 aromatic heterocycles. The van der Waals surface area contributed by atoms with Gasteiger partial charge in [0.15, 0.2) is 0 Å². The van der Waals surface area contributed by atoms with Gasteiger partial charge in [-0.1, -0.05) is 92.7 Å². The Bertz CT molecular complexity index is 1110. The number of likely N-dealkylation sites (tertiary alicyclic amines) is 1. The maximum atomic E-state index is 13.2. The molecule has 188 valence electrons. The predicted molar refractivity (Wildman–Crippen MR) is 145 cm³/mol. The lowest BCUT2D eigenvalue weighted by molar-refractivity contribution is -0.121. The number of amides is 1. The number of carbonyl (C=O) groups excluding carboxylic acids is 1. The summed E-state index contributed by atoms with van der Waals surface area (Å²) in [5.74, 6) is 0.338. The van der Waals surface area contributed by atoms with Crippen molar-refractivity contribution in [3.05, 3.63) is 107 Å². The van der Waals surface area contributed by atoms with E-state index in [0.29, 0.717) is 12.5 Å². The van der Waals surface area contributed by atoms with Gasteiger partial charge in [0.25, 0.3) is 0 Å². The van der Waals surface area contributed by atoms with Crippen LogP contribution in [0.4, 0.5) is 0 Å². The minimum atomic E-state index is -0.280. The van der Waals surface area contributed by atoms with Crippen molar-refractivity contribution in [2.24, 2.45) is 0 Å². The zero-order valence-corrected chi connectivity index (χ0v) is 21.6. The molecule has 36 heavy (non-hydrogen) atoms. The molecule has 4 nitrogen and oxygen atoms in total. The van der Waals surface area contributed by atoms with Crippen LogP contribution in [0.15, 0.2) is 78.9 Å². The van der Waals surface area contributed by atoms with Crippen LogP contribution in [0.2, 0.25) is 0 Å². The van der Waals surface area contributed by atoms with Gasteiger partial charge in [0.2, 0.25) is 5.91 Å². The topological polar surface area (TPSA) is 41.6 Å². The number of nitrogens with one attached hydrogen (secondary N) is 1. The molecule has 2 aliphatic heterocycles. The van der Waals surface area contributed by atoms with Crippen LogP contribution >= 0.6 is 0 Å². The standard InChI is InChI=1S/C32H38N2O2/c1-24(2)27-14-15-29-28(22-27)23-36-32(29)16-20-34(21-17-32)19-9-18-33-31(35)30(25-10-5-3-6-11-25)26-12-7-4-8-13-26/h3-8,10-15,22,24,30H,9,16-21,23H2,1-2H3,(H,33,35). The highest BCUT2D eigenvalue weighted by Crippen LogP contribution is 2.44. The summed E-state index contributed by atoms with van der Waals surface area (Å²) in [6.45, 7) is 9.00. The van der Waals surface area contributed by atoms with Crippen LogP contribution in [0, 0.1) is 0 Å². The highest BCUT2D eigenvalue weighted by Gasteiger charge is 2.42. The molecule has 1 saturated heterocycles. The molecule has 3 aromatic carbocycles. The summed E-state index contributed by atoms with van der Waals surface area (Å²) in [4.78, 5) is 15.7. The third kappa shape index (κ3) is 5.25. The Morgan fingerprint density at radius 1 is 0.917 bits per heavy atom. The first-order chi connectivity index (χ1) is 17.6. The number of piperidine rings is 1. The van der Waals surface area contributed by atoms with Crippen LogP contribution in [0.5, 0.6) is 0 Å². The van der Waals surface area contributed by atoms with Gasteiger partial charge in [-0.2, -0.15) is 0 Å². The minimum Gasteiger partial charge on any atom is -0.365 e. The maximum Gasteiger partial charge on any atom is 0.232 e. The first-order valence-corrected chi connectivity index (χ1v) is 13.4. The number of benzene rings is 3. The molecule has 4 heteroatoms. The van der Waals surface area contributed by atoms with E-state index < -0.39 is 0 Å². The van der Waals surface area contributed by atoms with Crippen molar-refractivity contribution in [2.45, 2.75) is 57.2 Å². The molecular weight excluding hydrogens is 444 g/mol. The summed E-state index contributed by atoms with van der Waals surface area (Å²) in [6, 6.07) is 27.1. The number of hydrogen-bond acceptors (Lipinski definition) is 3. The lowest BCUT2D eigenvalue weighted by atomic mass is 9.82. The van der Waals surface area contributed by atoms with E-state index in [4.69, 9.17) is 4.74 Å². The molecule has 1 fully saturated rings. The Labute approximate surface area is 215 Å². The van der Waals surface area contributed by atoms with E-state index in [1.165, 1.54) is 16.7 Å². The first-order valence-electron chi connectivity index (χ1n) is 13.4. The van der Waals surface area contributed by atoms with Gasteiger partial charge in [0.05, 0.1) is 18.1 Å². The lowest BCUT2D eigenvalue weighted by Gasteiger charge is -2.39. The van der Waals surface area contributed by atoms with Gasteiger partial charge in [-0.15, -0.1) is 0 Å². The zero-order chi connectivity index (χ0) is 25.0. The minimum absolute atomic E-state index is 0.0710. The molecule has 0 unspecified atom stereocenters. The molecule has 0 aliphatic carbocycles. The van der Waals surface area contributed by atoms with Gasteiger partial charge in [0, 0.05) is 19.6 Å². The van der Waals surface area contributed by atoms with E-state index in [1.54, 1.807) is 0 Å². The third-order valence-corrected chi connectivity index (χ3v) is 7.93. The van der Waals surface area contributed by atoms with Crippen LogP contribution in [0.3, 0.4) is 0 Å². The van der Waals surface area contributed by atoms with E-state index in [0.717, 1.165) is 56.6 Å². The summed E-state index contributed by atoms with van der Waals surface area (Å²) in [5.41, 5.74) is 6.14. The summed E-state index contributed by atoms with van der Waals surface area (Å²) in [6.07, 6.45) is 3.03. The van der Waals surface area contributed by atoms with Crippen molar-refractivity contribution >= 4 is 5.91 Å². The fourth-order valence-corrected chi connectivity index (χ4v) is 5.78. The Morgan fingerprint density at radius 2 is 1.56 bits per heavy atom. The third-order valence-electron chi connectivity index (χ3n) is 7.93. The van der Waals surface area contributed by atoms with Crippen LogP contribution in [-0.2, 0) is 21.7 Å². The molecule has 1 N–H and O–H groups in total. The Morgan fingerprint density at radius 3 is 2.17 bits per heavy atom. The molecule has 3 aromatic rings. The number of rotatable bonds is 8. The van der Waals surface area contributed by atoms with Crippen molar-refractivity contribution in [3.8, 4) is 0 Å². The molecule has 0 bridgehead atoms. The number of nitrogens with zero attached hydrogens (tertiary/aromatic N) is 1. The molecule has 0 radical (unpaired) electrons. The highest BCUT2D eigenvalue weighted by molar-refractivity contribution is 5.87. The van der Waals surface area contributed by atoms with Crippen molar-refractivity contribution in [1.82, 2.24) is 10.2 Å². The largest absolute Gasteiger partial charge is 0.365 e. The Hall–Kier alpha value is -2.95. The normalized spacial score (nSPS) is 17.0. The van der Waals surface area contributed by atoms with Crippen LogP contribution < -0.4 is 5.32 Å². The van der Waals surface area contributed by atoms with Gasteiger partial charge in [0.1, 0.15) is 0 Å². The molecule has 0 atom stereocenters. The second-order valence-electron chi connectivity index (χ2n) is 10.6. The van der Waals surface area contributed by atoms with Gasteiger partial charge < -0.3 is 15.0 Å². The van der Waals surface area contributed by atoms with Gasteiger partial charge in [-0.3, -0.25) is 4.79 Å². The summed E-state index contributed by atoms with van der Waals surface area (Å²) in [5, 5.41) is 3.20. The molecule has 2 aliphatic rings. The van der Waals surface area contributed by atoms with Crippen molar-refractivity contribution in [1.29, 1.82) is 0 Å². The molecule has 0 saturated carbocycles. The van der Waals surface area contributed by atoms with E-state index in [-0.39, 0.29) is 17.4 Å². The van der Waals surface area contributed by atoms with Crippen molar-refractivity contribution < 1.29 is 9.53 Å². The Balaban J connectivity index is 1.12. The number of ether oxygens (including phenoxy) is 1. The van der Waals surface area contributed by atoms with Gasteiger partial charge in [-0.05, 0) is 59.5 Å². The first kappa shape index (κ1) is 24.7. The monoisotopic (exact) mass is 482 g/mol. The summed E-state index contributed by atoms with van der Waals surface area (Å²) < 4.78 is 6.42. The number of fused-ring (bicyclic) bond motifs is 2. The number of hydrogen-bond donors (Lipinski definition) is 1. The highest BCUT2D eigenvalue weighted by atomic mass is 16.5. The molecule has 5 rings (SSSR count). The molecular formula is C32H38N2O2. The van der Waals surface area contributed by atoms with E-state index >= 15 is 0 Å². The predicted octanol–water partition coefficient (Wildman–Crippen LogP) is 5.97. The molecule has 1 spiro atoms. The summed E-state index contributed by atoms with van der Waals surface area (Å²) in [7, 11) is 0. The average molecular weight is 483 g/mol. The quantitative estimate of drug-likeness (QED) is 0.402. The van der Waals surface area contributed by atoms with Gasteiger partial charge in [-0.25, -0.2) is 0 Å². The van der Waals surface area contributed by atoms with Crippen molar-refractivity contribution in [2.75, 3.05) is 26.2 Å². The molecule has 2 heterocycles. The van der Waals surface area contributed by atoms with Crippen molar-refractivity contribution in [3.63, 3.8) is 0 Å². The average Bonchev–Trinajstić information content (AvgIpc) is 3.26. The smallest absolute Gasteiger partial charge is 0.232 e. The fraction of sp³-hybridized carbons (Fsp3) is 0.406. The van der Waals surface area contributed by atoms with E-state index in [9.17, 15) is 4.79 Å². The fourth-order valence-electron chi connectivity index (χ4n) is 5.78. The lowest BCUT2D eigenvalue weighted by Crippen LogP contribution is -2.43. The van der Waals surface area contributed by atoms with E-state index in [2.05, 4.69) is 42.3 Å². The van der Waals surface area contributed by atoms with E-state index in [1.807, 2.05) is 60.7 Å². The molecule has 1 amide bonds. The summed E-state index contributed by atoms with van der Waals surface area (Å²) >= 11 is 0. The second-order valence-corrected chi connectivity index (χ2v) is 10.6. The number of carbonyl (C=O) groups is 1. The zero-order valence-electron chi connectivity index (χ0n) is 21.6.